The Morgan fingerprint density at radius 2 is 1.52 bits per heavy atom. The monoisotopic (exact) mass is 389 g/mol. The molecule has 0 unspecified atom stereocenters. The Kier molecular flexibility index (Phi) is 7.16. The number of hydrogen-bond acceptors (Lipinski definition) is 5. The van der Waals surface area contributed by atoms with Gasteiger partial charge in [-0.05, 0) is 25.0 Å². The molecule has 3 N–H and O–H groups in total. The van der Waals surface area contributed by atoms with E-state index in [-0.39, 0.29) is 11.8 Å². The molecule has 150 valence electrons. The summed E-state index contributed by atoms with van der Waals surface area (Å²) in [7, 11) is 0. The molecule has 0 aliphatic heterocycles. The fourth-order valence-electron chi connectivity index (χ4n) is 3.17. The van der Waals surface area contributed by atoms with Gasteiger partial charge in [-0.3, -0.25) is 4.79 Å². The van der Waals surface area contributed by atoms with Crippen molar-refractivity contribution in [2.24, 2.45) is 0 Å². The highest BCUT2D eigenvalue weighted by atomic mass is 16.1. The molecule has 0 saturated heterocycles. The maximum Gasteiger partial charge on any atom is 0.232 e. The summed E-state index contributed by atoms with van der Waals surface area (Å²) in [6.45, 7) is 5.77. The average molecular weight is 390 g/mol. The Hall–Kier alpha value is -3.41. The van der Waals surface area contributed by atoms with Crippen LogP contribution in [0.5, 0.6) is 0 Å². The predicted molar refractivity (Wildman–Crippen MR) is 117 cm³/mol. The van der Waals surface area contributed by atoms with Gasteiger partial charge in [-0.25, -0.2) is 4.98 Å². The molecule has 3 rings (SSSR count). The van der Waals surface area contributed by atoms with Crippen LogP contribution in [0.3, 0.4) is 0 Å². The maximum absolute atomic E-state index is 13.0. The maximum atomic E-state index is 13.0. The molecule has 29 heavy (non-hydrogen) atoms. The standard InChI is InChI=1S/C23H27N5O/c1-3-24-20-16-17(2)27-23(28-20)26-15-14-25-22(29)21(18-10-6-4-7-11-18)19-12-8-5-9-13-19/h4-13,16,21H,3,14-15H2,1-2H3,(H,25,29)(H2,24,26,27,28). The Balaban J connectivity index is 1.61. The summed E-state index contributed by atoms with van der Waals surface area (Å²) in [6, 6.07) is 21.6. The molecular weight excluding hydrogens is 362 g/mol. The molecule has 0 aliphatic rings. The second-order valence-corrected chi connectivity index (χ2v) is 6.72. The summed E-state index contributed by atoms with van der Waals surface area (Å²) in [5.41, 5.74) is 2.83. The van der Waals surface area contributed by atoms with Crippen molar-refractivity contribution in [2.45, 2.75) is 19.8 Å². The minimum atomic E-state index is -0.340. The molecule has 1 heterocycles. The third-order valence-corrected chi connectivity index (χ3v) is 4.45. The highest BCUT2D eigenvalue weighted by molar-refractivity contribution is 5.87. The van der Waals surface area contributed by atoms with Gasteiger partial charge in [0.1, 0.15) is 5.82 Å². The van der Waals surface area contributed by atoms with Gasteiger partial charge in [-0.1, -0.05) is 60.7 Å². The van der Waals surface area contributed by atoms with Crippen molar-refractivity contribution in [3.8, 4) is 0 Å². The van der Waals surface area contributed by atoms with Crippen LogP contribution < -0.4 is 16.0 Å². The average Bonchev–Trinajstić information content (AvgIpc) is 2.73. The lowest BCUT2D eigenvalue weighted by Gasteiger charge is -2.18. The first-order chi connectivity index (χ1) is 14.2. The molecule has 3 aromatic rings. The topological polar surface area (TPSA) is 78.9 Å². The number of amides is 1. The first kappa shape index (κ1) is 20.3. The van der Waals surface area contributed by atoms with E-state index in [1.807, 2.05) is 80.6 Å². The van der Waals surface area contributed by atoms with Gasteiger partial charge >= 0.3 is 0 Å². The Bertz CT molecular complexity index is 876. The van der Waals surface area contributed by atoms with Gasteiger partial charge in [-0.2, -0.15) is 4.98 Å². The number of aryl methyl sites for hydroxylation is 1. The van der Waals surface area contributed by atoms with Crippen molar-refractivity contribution in [3.05, 3.63) is 83.6 Å². The Labute approximate surface area is 171 Å². The molecule has 0 radical (unpaired) electrons. The number of nitrogens with zero attached hydrogens (tertiary/aromatic N) is 2. The molecule has 6 heteroatoms. The van der Waals surface area contributed by atoms with E-state index in [1.165, 1.54) is 0 Å². The van der Waals surface area contributed by atoms with E-state index in [4.69, 9.17) is 0 Å². The lowest BCUT2D eigenvalue weighted by Crippen LogP contribution is -2.33. The summed E-state index contributed by atoms with van der Waals surface area (Å²) >= 11 is 0. The molecule has 0 atom stereocenters. The van der Waals surface area contributed by atoms with Crippen molar-refractivity contribution in [1.29, 1.82) is 0 Å². The minimum Gasteiger partial charge on any atom is -0.370 e. The zero-order chi connectivity index (χ0) is 20.5. The summed E-state index contributed by atoms with van der Waals surface area (Å²) in [4.78, 5) is 21.8. The number of anilines is 2. The molecule has 1 amide bonds. The largest absolute Gasteiger partial charge is 0.370 e. The van der Waals surface area contributed by atoms with Gasteiger partial charge in [0.25, 0.3) is 0 Å². The van der Waals surface area contributed by atoms with E-state index in [0.29, 0.717) is 19.0 Å². The lowest BCUT2D eigenvalue weighted by molar-refractivity contribution is -0.121. The van der Waals surface area contributed by atoms with E-state index in [9.17, 15) is 4.79 Å². The molecule has 0 bridgehead atoms. The number of carbonyl (C=O) groups is 1. The van der Waals surface area contributed by atoms with Crippen molar-refractivity contribution in [2.75, 3.05) is 30.3 Å². The van der Waals surface area contributed by atoms with Crippen molar-refractivity contribution < 1.29 is 4.79 Å². The first-order valence-corrected chi connectivity index (χ1v) is 9.88. The fourth-order valence-corrected chi connectivity index (χ4v) is 3.17. The molecule has 0 saturated carbocycles. The van der Waals surface area contributed by atoms with Crippen molar-refractivity contribution >= 4 is 17.7 Å². The zero-order valence-corrected chi connectivity index (χ0v) is 16.9. The van der Waals surface area contributed by atoms with Crippen LogP contribution in [0.15, 0.2) is 66.7 Å². The predicted octanol–water partition coefficient (Wildman–Crippen LogP) is 3.58. The molecule has 0 spiro atoms. The van der Waals surface area contributed by atoms with Gasteiger partial charge in [0.2, 0.25) is 11.9 Å². The van der Waals surface area contributed by atoms with Crippen LogP contribution in [0.2, 0.25) is 0 Å². The highest BCUT2D eigenvalue weighted by Gasteiger charge is 2.21. The molecule has 6 nitrogen and oxygen atoms in total. The minimum absolute atomic E-state index is 0.0253. The van der Waals surface area contributed by atoms with Crippen LogP contribution in [0.1, 0.15) is 29.7 Å². The fraction of sp³-hybridized carbons (Fsp3) is 0.261. The quantitative estimate of drug-likeness (QED) is 0.488. The smallest absolute Gasteiger partial charge is 0.232 e. The second kappa shape index (κ2) is 10.2. The second-order valence-electron chi connectivity index (χ2n) is 6.72. The van der Waals surface area contributed by atoms with Crippen LogP contribution in [0.25, 0.3) is 0 Å². The van der Waals surface area contributed by atoms with Crippen LogP contribution in [-0.4, -0.2) is 35.5 Å². The summed E-state index contributed by atoms with van der Waals surface area (Å²) in [5.74, 6) is 0.980. The summed E-state index contributed by atoms with van der Waals surface area (Å²) in [5, 5.41) is 9.40. The Morgan fingerprint density at radius 1 is 0.897 bits per heavy atom. The van der Waals surface area contributed by atoms with Gasteiger partial charge in [0.05, 0.1) is 5.92 Å². The molecular formula is C23H27N5O. The van der Waals surface area contributed by atoms with E-state index in [2.05, 4.69) is 25.9 Å². The van der Waals surface area contributed by atoms with Gasteiger partial charge in [0, 0.05) is 31.4 Å². The first-order valence-electron chi connectivity index (χ1n) is 9.88. The zero-order valence-electron chi connectivity index (χ0n) is 16.9. The number of hydrogen-bond donors (Lipinski definition) is 3. The Morgan fingerprint density at radius 3 is 2.10 bits per heavy atom. The molecule has 1 aromatic heterocycles. The summed E-state index contributed by atoms with van der Waals surface area (Å²) < 4.78 is 0. The SMILES string of the molecule is CCNc1cc(C)nc(NCCNC(=O)C(c2ccccc2)c2ccccc2)n1. The molecule has 0 aliphatic carbocycles. The summed E-state index contributed by atoms with van der Waals surface area (Å²) in [6.07, 6.45) is 0. The molecule has 0 fully saturated rings. The van der Waals surface area contributed by atoms with E-state index in [1.54, 1.807) is 0 Å². The number of aromatic nitrogens is 2. The van der Waals surface area contributed by atoms with E-state index < -0.39 is 0 Å². The van der Waals surface area contributed by atoms with Crippen LogP contribution in [-0.2, 0) is 4.79 Å². The highest BCUT2D eigenvalue weighted by Crippen LogP contribution is 2.24. The van der Waals surface area contributed by atoms with Crippen LogP contribution in [0.4, 0.5) is 11.8 Å². The normalized spacial score (nSPS) is 10.6. The van der Waals surface area contributed by atoms with E-state index >= 15 is 0 Å². The van der Waals surface area contributed by atoms with Gasteiger partial charge < -0.3 is 16.0 Å². The lowest BCUT2D eigenvalue weighted by atomic mass is 9.90. The number of nitrogens with one attached hydrogen (secondary N) is 3. The third-order valence-electron chi connectivity index (χ3n) is 4.45. The molecule has 2 aromatic carbocycles. The van der Waals surface area contributed by atoms with Crippen LogP contribution >= 0.6 is 0 Å². The van der Waals surface area contributed by atoms with Crippen molar-refractivity contribution in [3.63, 3.8) is 0 Å². The third kappa shape index (κ3) is 5.78. The van der Waals surface area contributed by atoms with Crippen LogP contribution in [0, 0.1) is 6.92 Å². The van der Waals surface area contributed by atoms with E-state index in [0.717, 1.165) is 29.2 Å². The number of rotatable bonds is 9. The van der Waals surface area contributed by atoms with Gasteiger partial charge in [0.15, 0.2) is 0 Å². The van der Waals surface area contributed by atoms with Crippen molar-refractivity contribution in [1.82, 2.24) is 15.3 Å². The number of carbonyl (C=O) groups excluding carboxylic acids is 1. The number of benzene rings is 2. The van der Waals surface area contributed by atoms with Gasteiger partial charge in [-0.15, -0.1) is 0 Å².